The number of nitrogens with zero attached hydrogens (tertiary/aromatic N) is 2. The number of rotatable bonds is 4. The summed E-state index contributed by atoms with van der Waals surface area (Å²) in [7, 11) is 0. The zero-order valence-electron chi connectivity index (χ0n) is 15.8. The third-order valence-electron chi connectivity index (χ3n) is 3.81. The van der Waals surface area contributed by atoms with Gasteiger partial charge in [0.25, 0.3) is 11.8 Å². The molecule has 0 unspecified atom stereocenters. The van der Waals surface area contributed by atoms with Crippen molar-refractivity contribution in [3.63, 3.8) is 0 Å². The summed E-state index contributed by atoms with van der Waals surface area (Å²) < 4.78 is 15.3. The van der Waals surface area contributed by atoms with Gasteiger partial charge in [-0.1, -0.05) is 0 Å². The number of carbonyl (C=O) groups is 5. The predicted molar refractivity (Wildman–Crippen MR) is 88.9 cm³/mol. The molecular weight excluding hydrogens is 378 g/mol. The number of ether oxygens (including phenoxy) is 3. The van der Waals surface area contributed by atoms with Crippen LogP contribution >= 0.6 is 0 Å². The first-order chi connectivity index (χ1) is 13.0. The number of carbonyl (C=O) groups excluding carboxylic acids is 5. The maximum atomic E-state index is 12.6. The first kappa shape index (κ1) is 21.4. The molecule has 2 heterocycles. The lowest BCUT2D eigenvalue weighted by Crippen LogP contribution is -2.56. The van der Waals surface area contributed by atoms with Crippen molar-refractivity contribution in [2.75, 3.05) is 13.3 Å². The van der Waals surface area contributed by atoms with Crippen LogP contribution in [0.3, 0.4) is 0 Å². The molecule has 0 spiro atoms. The third-order valence-corrected chi connectivity index (χ3v) is 3.81. The van der Waals surface area contributed by atoms with Gasteiger partial charge in [-0.15, -0.1) is 5.06 Å². The van der Waals surface area contributed by atoms with Gasteiger partial charge in [0.2, 0.25) is 0 Å². The van der Waals surface area contributed by atoms with Gasteiger partial charge in [-0.2, -0.15) is 0 Å². The Balaban J connectivity index is 2.13. The van der Waals surface area contributed by atoms with Crippen LogP contribution in [0.4, 0.5) is 9.59 Å². The van der Waals surface area contributed by atoms with Crippen LogP contribution in [0.1, 0.15) is 40.0 Å². The summed E-state index contributed by atoms with van der Waals surface area (Å²) in [5.74, 6) is -2.31. The van der Waals surface area contributed by atoms with Crippen molar-refractivity contribution < 1.29 is 43.0 Å². The second-order valence-electron chi connectivity index (χ2n) is 7.24. The molecule has 0 aliphatic carbocycles. The molecule has 0 aromatic rings. The Morgan fingerprint density at radius 1 is 1.18 bits per heavy atom. The van der Waals surface area contributed by atoms with Gasteiger partial charge in [0.15, 0.2) is 0 Å². The van der Waals surface area contributed by atoms with E-state index in [1.54, 1.807) is 20.8 Å². The maximum Gasteiger partial charge on any atom is 0.412 e. The van der Waals surface area contributed by atoms with Gasteiger partial charge in [0.05, 0.1) is 6.10 Å². The fraction of sp³-hybridized carbons (Fsp3) is 0.688. The molecule has 2 rings (SSSR count). The molecule has 2 fully saturated rings. The average molecular weight is 401 g/mol. The van der Waals surface area contributed by atoms with Crippen molar-refractivity contribution in [1.82, 2.24) is 9.96 Å². The van der Waals surface area contributed by atoms with Gasteiger partial charge < -0.3 is 24.8 Å². The minimum absolute atomic E-state index is 0.0647. The lowest BCUT2D eigenvalue weighted by atomic mass is 10.1. The number of hydrogen-bond donors (Lipinski definition) is 1. The number of imide groups is 1. The van der Waals surface area contributed by atoms with Gasteiger partial charge in [0, 0.05) is 19.3 Å². The summed E-state index contributed by atoms with van der Waals surface area (Å²) in [4.78, 5) is 65.0. The molecule has 0 radical (unpaired) electrons. The van der Waals surface area contributed by atoms with Crippen LogP contribution in [0.2, 0.25) is 0 Å². The second-order valence-corrected chi connectivity index (χ2v) is 7.24. The lowest BCUT2D eigenvalue weighted by molar-refractivity contribution is -0.206. The van der Waals surface area contributed by atoms with Crippen LogP contribution in [0.5, 0.6) is 0 Å². The number of hydroxylamine groups is 2. The van der Waals surface area contributed by atoms with Crippen LogP contribution in [-0.4, -0.2) is 71.0 Å². The molecule has 2 aliphatic heterocycles. The van der Waals surface area contributed by atoms with Crippen LogP contribution in [-0.2, 0) is 33.4 Å². The summed E-state index contributed by atoms with van der Waals surface area (Å²) in [5, 5.41) is 0.389. The van der Waals surface area contributed by atoms with E-state index >= 15 is 0 Å². The monoisotopic (exact) mass is 401 g/mol. The first-order valence-electron chi connectivity index (χ1n) is 8.59. The van der Waals surface area contributed by atoms with E-state index in [0.29, 0.717) is 5.06 Å². The van der Waals surface area contributed by atoms with E-state index in [9.17, 15) is 24.0 Å². The molecular formula is C16H23N3O9. The highest BCUT2D eigenvalue weighted by Gasteiger charge is 2.43. The highest BCUT2D eigenvalue weighted by Crippen LogP contribution is 2.23. The fourth-order valence-corrected chi connectivity index (χ4v) is 2.54. The fourth-order valence-electron chi connectivity index (χ4n) is 2.54. The molecule has 2 saturated heterocycles. The van der Waals surface area contributed by atoms with Gasteiger partial charge >= 0.3 is 18.2 Å². The van der Waals surface area contributed by atoms with Gasteiger partial charge in [-0.05, 0) is 20.8 Å². The van der Waals surface area contributed by atoms with Crippen LogP contribution in [0.25, 0.3) is 0 Å². The van der Waals surface area contributed by atoms with E-state index in [1.165, 1.54) is 0 Å². The summed E-state index contributed by atoms with van der Waals surface area (Å²) in [6.07, 6.45) is -2.88. The number of hydrogen-bond acceptors (Lipinski definition) is 9. The molecule has 156 valence electrons. The standard InChI is InChI=1S/C16H23N3O9/c1-16(2,3)27-15(24)18-8-26-9(7-25-14(17)23)6-10(18)13(22)28-19-11(20)4-5-12(19)21/h9-10H,4-8H2,1-3H3,(H2,17,23)/t9-,10+/m1/s1. The van der Waals surface area contributed by atoms with Crippen LogP contribution < -0.4 is 5.73 Å². The highest BCUT2D eigenvalue weighted by atomic mass is 16.7. The Labute approximate surface area is 160 Å². The summed E-state index contributed by atoms with van der Waals surface area (Å²) in [5.41, 5.74) is 4.08. The Morgan fingerprint density at radius 2 is 1.79 bits per heavy atom. The largest absolute Gasteiger partial charge is 0.447 e. The molecule has 12 heteroatoms. The van der Waals surface area contributed by atoms with Crippen molar-refractivity contribution in [1.29, 1.82) is 0 Å². The molecule has 2 aliphatic rings. The van der Waals surface area contributed by atoms with E-state index in [-0.39, 0.29) is 32.6 Å². The van der Waals surface area contributed by atoms with E-state index in [1.807, 2.05) is 0 Å². The highest BCUT2D eigenvalue weighted by molar-refractivity contribution is 6.01. The lowest BCUT2D eigenvalue weighted by Gasteiger charge is -2.38. The SMILES string of the molecule is CC(C)(C)OC(=O)N1CO[C@@H](COC(N)=O)C[C@H]1C(=O)ON1C(=O)CCC1=O. The maximum absolute atomic E-state index is 12.6. The zero-order valence-corrected chi connectivity index (χ0v) is 15.8. The molecule has 2 atom stereocenters. The number of primary amides is 1. The van der Waals surface area contributed by atoms with Gasteiger partial charge in [-0.25, -0.2) is 14.4 Å². The summed E-state index contributed by atoms with van der Waals surface area (Å²) in [6, 6.07) is -1.23. The molecule has 4 amide bonds. The predicted octanol–water partition coefficient (Wildman–Crippen LogP) is 0.0410. The van der Waals surface area contributed by atoms with E-state index in [0.717, 1.165) is 4.90 Å². The molecule has 0 saturated carbocycles. The van der Waals surface area contributed by atoms with Crippen molar-refractivity contribution in [2.45, 2.75) is 57.8 Å². The molecule has 0 aromatic heterocycles. The Bertz CT molecular complexity index is 657. The topological polar surface area (TPSA) is 155 Å². The van der Waals surface area contributed by atoms with Crippen molar-refractivity contribution in [3.8, 4) is 0 Å². The first-order valence-corrected chi connectivity index (χ1v) is 8.59. The van der Waals surface area contributed by atoms with Crippen LogP contribution in [0, 0.1) is 0 Å². The summed E-state index contributed by atoms with van der Waals surface area (Å²) in [6.45, 7) is 4.34. The Hall–Kier alpha value is -2.89. The quantitative estimate of drug-likeness (QED) is 0.643. The Morgan fingerprint density at radius 3 is 2.32 bits per heavy atom. The third kappa shape index (κ3) is 5.55. The zero-order chi connectivity index (χ0) is 21.1. The normalized spacial score (nSPS) is 22.8. The van der Waals surface area contributed by atoms with Crippen molar-refractivity contribution in [3.05, 3.63) is 0 Å². The number of amides is 4. The average Bonchev–Trinajstić information content (AvgIpc) is 2.90. The number of nitrogens with two attached hydrogens (primary N) is 1. The van der Waals surface area contributed by atoms with E-state index in [2.05, 4.69) is 4.74 Å². The molecule has 0 aromatic carbocycles. The van der Waals surface area contributed by atoms with Gasteiger partial charge in [0.1, 0.15) is 25.0 Å². The Kier molecular flexibility index (Phi) is 6.44. The van der Waals surface area contributed by atoms with Crippen molar-refractivity contribution in [2.24, 2.45) is 5.73 Å². The molecule has 2 N–H and O–H groups in total. The van der Waals surface area contributed by atoms with Crippen LogP contribution in [0.15, 0.2) is 0 Å². The minimum atomic E-state index is -1.23. The van der Waals surface area contributed by atoms with E-state index in [4.69, 9.17) is 20.0 Å². The smallest absolute Gasteiger partial charge is 0.412 e. The second kappa shape index (κ2) is 8.42. The molecule has 0 bridgehead atoms. The van der Waals surface area contributed by atoms with E-state index < -0.39 is 47.7 Å². The van der Waals surface area contributed by atoms with Gasteiger partial charge in [-0.3, -0.25) is 14.5 Å². The molecule has 28 heavy (non-hydrogen) atoms. The van der Waals surface area contributed by atoms with Crippen molar-refractivity contribution >= 4 is 30.0 Å². The minimum Gasteiger partial charge on any atom is -0.447 e. The summed E-state index contributed by atoms with van der Waals surface area (Å²) >= 11 is 0. The molecule has 12 nitrogen and oxygen atoms in total.